The van der Waals surface area contributed by atoms with Crippen molar-refractivity contribution in [1.82, 2.24) is 20.0 Å². The number of halogens is 1. The minimum Gasteiger partial charge on any atom is -0.351 e. The van der Waals surface area contributed by atoms with Gasteiger partial charge in [-0.2, -0.15) is 5.10 Å². The first-order valence-corrected chi connectivity index (χ1v) is 12.6. The Hall–Kier alpha value is -2.68. The van der Waals surface area contributed by atoms with Crippen LogP contribution in [0.15, 0.2) is 60.8 Å². The van der Waals surface area contributed by atoms with Crippen LogP contribution in [-0.2, 0) is 21.2 Å². The smallest absolute Gasteiger partial charge is 0.234 e. The topological polar surface area (TPSA) is 84.3 Å². The lowest BCUT2D eigenvalue weighted by molar-refractivity contribution is -0.122. The molecule has 9 heteroatoms. The highest BCUT2D eigenvalue weighted by Gasteiger charge is 2.29. The summed E-state index contributed by atoms with van der Waals surface area (Å²) in [6.45, 7) is 0.661. The minimum atomic E-state index is -3.03. The Kier molecular flexibility index (Phi) is 6.64. The van der Waals surface area contributed by atoms with Crippen molar-refractivity contribution in [2.45, 2.75) is 19.0 Å². The van der Waals surface area contributed by atoms with Gasteiger partial charge in [0.25, 0.3) is 0 Å². The molecule has 0 unspecified atom stereocenters. The molecule has 0 radical (unpaired) electrons. The summed E-state index contributed by atoms with van der Waals surface area (Å²) in [5.41, 5.74) is 3.67. The number of carbonyl (C=O) groups is 1. The number of hydrogen-bond donors (Lipinski definition) is 1. The molecule has 4 rings (SSSR count). The molecular formula is C23H25ClN4O3S. The van der Waals surface area contributed by atoms with Gasteiger partial charge in [-0.05, 0) is 37.7 Å². The van der Waals surface area contributed by atoms with Crippen LogP contribution in [0, 0.1) is 0 Å². The van der Waals surface area contributed by atoms with E-state index in [-0.39, 0.29) is 30.0 Å². The first kappa shape index (κ1) is 22.5. The van der Waals surface area contributed by atoms with Crippen LogP contribution in [0.4, 0.5) is 0 Å². The Balaban J connectivity index is 1.50. The molecule has 1 aliphatic rings. The number of carbonyl (C=O) groups excluding carboxylic acids is 1. The lowest BCUT2D eigenvalue weighted by Crippen LogP contribution is -2.41. The van der Waals surface area contributed by atoms with E-state index >= 15 is 0 Å². The molecule has 2 aromatic carbocycles. The monoisotopic (exact) mass is 472 g/mol. The molecule has 1 N–H and O–H groups in total. The van der Waals surface area contributed by atoms with E-state index in [1.165, 1.54) is 0 Å². The largest absolute Gasteiger partial charge is 0.351 e. The number of para-hydroxylation sites is 1. The number of hydrogen-bond acceptors (Lipinski definition) is 5. The Morgan fingerprint density at radius 2 is 1.91 bits per heavy atom. The second-order valence-corrected chi connectivity index (χ2v) is 10.8. The Bertz CT molecular complexity index is 1190. The molecule has 0 bridgehead atoms. The van der Waals surface area contributed by atoms with Gasteiger partial charge in [0, 0.05) is 34.9 Å². The van der Waals surface area contributed by atoms with E-state index in [2.05, 4.69) is 5.32 Å². The highest BCUT2D eigenvalue weighted by atomic mass is 35.5. The molecule has 3 aromatic rings. The van der Waals surface area contributed by atoms with E-state index in [4.69, 9.17) is 16.7 Å². The zero-order valence-electron chi connectivity index (χ0n) is 17.7. The molecular weight excluding hydrogens is 448 g/mol. The van der Waals surface area contributed by atoms with Gasteiger partial charge < -0.3 is 5.32 Å². The number of benzene rings is 2. The fourth-order valence-corrected chi connectivity index (χ4v) is 5.66. The maximum Gasteiger partial charge on any atom is 0.234 e. The van der Waals surface area contributed by atoms with E-state index in [9.17, 15) is 13.2 Å². The average Bonchev–Trinajstić information content (AvgIpc) is 3.31. The molecule has 1 aromatic heterocycles. The molecule has 1 atom stereocenters. The van der Waals surface area contributed by atoms with E-state index in [0.717, 1.165) is 22.5 Å². The van der Waals surface area contributed by atoms with Gasteiger partial charge in [0.1, 0.15) is 0 Å². The fourth-order valence-electron chi connectivity index (χ4n) is 3.86. The molecule has 1 aliphatic heterocycles. The third-order valence-corrected chi connectivity index (χ3v) is 7.40. The molecule has 0 spiro atoms. The Morgan fingerprint density at radius 1 is 1.19 bits per heavy atom. The van der Waals surface area contributed by atoms with Crippen molar-refractivity contribution in [2.24, 2.45) is 0 Å². The van der Waals surface area contributed by atoms with Crippen LogP contribution in [0.25, 0.3) is 16.9 Å². The van der Waals surface area contributed by atoms with Crippen molar-refractivity contribution < 1.29 is 13.2 Å². The van der Waals surface area contributed by atoms with Gasteiger partial charge in [0.2, 0.25) is 5.91 Å². The van der Waals surface area contributed by atoms with E-state index < -0.39 is 9.84 Å². The molecule has 1 saturated heterocycles. The van der Waals surface area contributed by atoms with E-state index in [1.54, 1.807) is 0 Å². The number of amides is 1. The summed E-state index contributed by atoms with van der Waals surface area (Å²) in [6, 6.07) is 17.0. The zero-order valence-corrected chi connectivity index (χ0v) is 19.3. The summed E-state index contributed by atoms with van der Waals surface area (Å²) in [6.07, 6.45) is 2.44. The molecule has 1 fully saturated rings. The van der Waals surface area contributed by atoms with Crippen molar-refractivity contribution in [1.29, 1.82) is 0 Å². The number of nitrogens with zero attached hydrogens (tertiary/aromatic N) is 3. The number of nitrogens with one attached hydrogen (secondary N) is 1. The van der Waals surface area contributed by atoms with Crippen molar-refractivity contribution in [3.05, 3.63) is 71.4 Å². The second-order valence-electron chi connectivity index (χ2n) is 8.13. The zero-order chi connectivity index (χ0) is 22.7. The summed E-state index contributed by atoms with van der Waals surface area (Å²) in [5, 5.41) is 8.28. The van der Waals surface area contributed by atoms with Gasteiger partial charge in [-0.3, -0.25) is 9.69 Å². The van der Waals surface area contributed by atoms with Gasteiger partial charge in [0.05, 0.1) is 29.4 Å². The SMILES string of the molecule is CN(CC(=O)N[C@@H]1CCS(=O)(=O)C1)Cc1cn(-c2ccccc2)nc1-c1ccc(Cl)cc1. The maximum atomic E-state index is 12.4. The van der Waals surface area contributed by atoms with Crippen molar-refractivity contribution in [3.63, 3.8) is 0 Å². The molecule has 1 amide bonds. The third kappa shape index (κ3) is 5.56. The van der Waals surface area contributed by atoms with Crippen LogP contribution in [0.3, 0.4) is 0 Å². The summed E-state index contributed by atoms with van der Waals surface area (Å²) in [4.78, 5) is 14.3. The number of aromatic nitrogens is 2. The second kappa shape index (κ2) is 9.44. The van der Waals surface area contributed by atoms with Crippen molar-refractivity contribution >= 4 is 27.3 Å². The summed E-state index contributed by atoms with van der Waals surface area (Å²) < 4.78 is 25.1. The predicted octanol–water partition coefficient (Wildman–Crippen LogP) is 2.93. The molecule has 0 saturated carbocycles. The number of sulfone groups is 1. The Labute approximate surface area is 192 Å². The molecule has 32 heavy (non-hydrogen) atoms. The van der Waals surface area contributed by atoms with Crippen LogP contribution >= 0.6 is 11.6 Å². The normalized spacial score (nSPS) is 17.5. The maximum absolute atomic E-state index is 12.4. The van der Waals surface area contributed by atoms with Crippen LogP contribution in [-0.4, -0.2) is 60.1 Å². The molecule has 168 valence electrons. The average molecular weight is 473 g/mol. The van der Waals surface area contributed by atoms with Gasteiger partial charge in [-0.15, -0.1) is 0 Å². The minimum absolute atomic E-state index is 0.0208. The lowest BCUT2D eigenvalue weighted by atomic mass is 10.1. The first-order chi connectivity index (χ1) is 15.3. The van der Waals surface area contributed by atoms with Crippen LogP contribution in [0.5, 0.6) is 0 Å². The summed E-state index contributed by atoms with van der Waals surface area (Å²) in [5.74, 6) is -0.0256. The summed E-state index contributed by atoms with van der Waals surface area (Å²) in [7, 11) is -1.17. The van der Waals surface area contributed by atoms with Crippen molar-refractivity contribution in [3.8, 4) is 16.9 Å². The summed E-state index contributed by atoms with van der Waals surface area (Å²) >= 11 is 6.05. The molecule has 2 heterocycles. The van der Waals surface area contributed by atoms with E-state index in [1.807, 2.05) is 77.4 Å². The first-order valence-electron chi connectivity index (χ1n) is 10.4. The van der Waals surface area contributed by atoms with Gasteiger partial charge in [0.15, 0.2) is 9.84 Å². The fraction of sp³-hybridized carbons (Fsp3) is 0.304. The predicted molar refractivity (Wildman–Crippen MR) is 126 cm³/mol. The number of likely N-dealkylation sites (N-methyl/N-ethyl adjacent to an activating group) is 1. The highest BCUT2D eigenvalue weighted by Crippen LogP contribution is 2.26. The third-order valence-electron chi connectivity index (χ3n) is 5.38. The Morgan fingerprint density at radius 3 is 2.56 bits per heavy atom. The molecule has 0 aliphatic carbocycles. The standard InChI is InChI=1S/C23H25ClN4O3S/c1-27(15-22(29)25-20-11-12-32(30,31)16-20)13-18-14-28(21-5-3-2-4-6-21)26-23(18)17-7-9-19(24)10-8-17/h2-10,14,20H,11-13,15-16H2,1H3,(H,25,29)/t20-/m1/s1. The van der Waals surface area contributed by atoms with E-state index in [0.29, 0.717) is 18.0 Å². The van der Waals surface area contributed by atoms with Gasteiger partial charge in [-0.1, -0.05) is 41.9 Å². The quantitative estimate of drug-likeness (QED) is 0.571. The lowest BCUT2D eigenvalue weighted by Gasteiger charge is -2.18. The van der Waals surface area contributed by atoms with Gasteiger partial charge in [-0.25, -0.2) is 13.1 Å². The highest BCUT2D eigenvalue weighted by molar-refractivity contribution is 7.91. The van der Waals surface area contributed by atoms with Crippen LogP contribution in [0.2, 0.25) is 5.02 Å². The molecule has 7 nitrogen and oxygen atoms in total. The van der Waals surface area contributed by atoms with Crippen molar-refractivity contribution in [2.75, 3.05) is 25.1 Å². The van der Waals surface area contributed by atoms with Crippen LogP contribution in [0.1, 0.15) is 12.0 Å². The van der Waals surface area contributed by atoms with Crippen LogP contribution < -0.4 is 5.32 Å². The number of rotatable bonds is 7. The van der Waals surface area contributed by atoms with Gasteiger partial charge >= 0.3 is 0 Å².